The van der Waals surface area contributed by atoms with E-state index in [1.165, 1.54) is 0 Å². The van der Waals surface area contributed by atoms with E-state index in [9.17, 15) is 9.59 Å². The second-order valence-corrected chi connectivity index (χ2v) is 4.65. The van der Waals surface area contributed by atoms with E-state index in [0.717, 1.165) is 30.8 Å². The lowest BCUT2D eigenvalue weighted by Gasteiger charge is -2.33. The fourth-order valence-corrected chi connectivity index (χ4v) is 2.72. The number of nitrogens with one attached hydrogen (secondary N) is 2. The molecule has 18 heavy (non-hydrogen) atoms. The molecule has 1 unspecified atom stereocenters. The number of hydrogen-bond acceptors (Lipinski definition) is 3. The highest BCUT2D eigenvalue weighted by atomic mass is 16.2. The zero-order valence-electron chi connectivity index (χ0n) is 10.2. The van der Waals surface area contributed by atoms with Crippen molar-refractivity contribution in [1.82, 2.24) is 5.32 Å². The van der Waals surface area contributed by atoms with Gasteiger partial charge in [-0.3, -0.25) is 9.59 Å². The van der Waals surface area contributed by atoms with Crippen LogP contribution in [0.3, 0.4) is 0 Å². The molecule has 5 nitrogen and oxygen atoms in total. The highest BCUT2D eigenvalue weighted by Gasteiger charge is 2.36. The highest BCUT2D eigenvalue weighted by molar-refractivity contribution is 6.06. The summed E-state index contributed by atoms with van der Waals surface area (Å²) in [5.74, 6) is -0.107. The highest BCUT2D eigenvalue weighted by Crippen LogP contribution is 2.37. The standard InChI is InChI=1S/C13H15N3O2/c1-14-12(17)8-4-5-10-9(7-8)15-13(18)11-3-2-6-16(10)11/h4-5,7,11H,2-3,6H2,1H3,(H,14,17)(H,15,18). The van der Waals surface area contributed by atoms with E-state index in [0.29, 0.717) is 5.56 Å². The summed E-state index contributed by atoms with van der Waals surface area (Å²) in [6.45, 7) is 0.907. The molecule has 0 bridgehead atoms. The Kier molecular flexibility index (Phi) is 2.47. The van der Waals surface area contributed by atoms with Crippen LogP contribution < -0.4 is 15.5 Å². The van der Waals surface area contributed by atoms with Crippen LogP contribution in [-0.4, -0.2) is 31.4 Å². The molecule has 0 radical (unpaired) electrons. The normalized spacial score (nSPS) is 21.1. The molecule has 3 rings (SSSR count). The number of nitrogens with zero attached hydrogens (tertiary/aromatic N) is 1. The molecule has 0 aliphatic carbocycles. The molecule has 1 saturated heterocycles. The van der Waals surface area contributed by atoms with Gasteiger partial charge in [-0.2, -0.15) is 0 Å². The minimum atomic E-state index is -0.143. The molecule has 2 amide bonds. The number of benzene rings is 1. The number of anilines is 2. The Hall–Kier alpha value is -2.04. The molecule has 0 spiro atoms. The maximum Gasteiger partial charge on any atom is 0.251 e. The molecule has 1 aromatic rings. The summed E-state index contributed by atoms with van der Waals surface area (Å²) in [4.78, 5) is 25.6. The summed E-state index contributed by atoms with van der Waals surface area (Å²) in [7, 11) is 1.59. The van der Waals surface area contributed by atoms with Crippen molar-refractivity contribution in [2.24, 2.45) is 0 Å². The first-order chi connectivity index (χ1) is 8.70. The second kappa shape index (κ2) is 4.01. The van der Waals surface area contributed by atoms with Crippen LogP contribution >= 0.6 is 0 Å². The Morgan fingerprint density at radius 3 is 3.11 bits per heavy atom. The van der Waals surface area contributed by atoms with E-state index in [2.05, 4.69) is 15.5 Å². The fourth-order valence-electron chi connectivity index (χ4n) is 2.72. The van der Waals surface area contributed by atoms with Crippen LogP contribution in [0, 0.1) is 0 Å². The molecule has 2 N–H and O–H groups in total. The van der Waals surface area contributed by atoms with Crippen LogP contribution in [0.25, 0.3) is 0 Å². The summed E-state index contributed by atoms with van der Waals surface area (Å²) in [6, 6.07) is 5.41. The Bertz CT molecular complexity index is 527. The van der Waals surface area contributed by atoms with Gasteiger partial charge in [-0.1, -0.05) is 0 Å². The predicted octanol–water partition coefficient (Wildman–Crippen LogP) is 0.967. The van der Waals surface area contributed by atoms with Crippen molar-refractivity contribution in [1.29, 1.82) is 0 Å². The van der Waals surface area contributed by atoms with Crippen molar-refractivity contribution in [3.63, 3.8) is 0 Å². The zero-order chi connectivity index (χ0) is 12.7. The van der Waals surface area contributed by atoms with Gasteiger partial charge in [0.15, 0.2) is 0 Å². The van der Waals surface area contributed by atoms with E-state index in [1.807, 2.05) is 6.07 Å². The van der Waals surface area contributed by atoms with Gasteiger partial charge < -0.3 is 15.5 Å². The third-order valence-corrected chi connectivity index (χ3v) is 3.61. The quantitative estimate of drug-likeness (QED) is 0.775. The number of amides is 2. The molecule has 1 atom stereocenters. The van der Waals surface area contributed by atoms with Crippen molar-refractivity contribution in [2.75, 3.05) is 23.8 Å². The summed E-state index contributed by atoms with van der Waals surface area (Å²) in [5, 5.41) is 5.47. The van der Waals surface area contributed by atoms with E-state index >= 15 is 0 Å². The van der Waals surface area contributed by atoms with Gasteiger partial charge in [0, 0.05) is 19.2 Å². The summed E-state index contributed by atoms with van der Waals surface area (Å²) in [5.41, 5.74) is 2.32. The molecule has 94 valence electrons. The first kappa shape index (κ1) is 11.1. The molecule has 0 saturated carbocycles. The van der Waals surface area contributed by atoms with Gasteiger partial charge in [-0.15, -0.1) is 0 Å². The third-order valence-electron chi connectivity index (χ3n) is 3.61. The minimum Gasteiger partial charge on any atom is -0.358 e. The van der Waals surface area contributed by atoms with Gasteiger partial charge in [0.05, 0.1) is 11.4 Å². The first-order valence-corrected chi connectivity index (χ1v) is 6.14. The maximum atomic E-state index is 11.9. The van der Waals surface area contributed by atoms with Gasteiger partial charge in [-0.05, 0) is 31.0 Å². The van der Waals surface area contributed by atoms with E-state index in [4.69, 9.17) is 0 Å². The smallest absolute Gasteiger partial charge is 0.251 e. The van der Waals surface area contributed by atoms with Crippen LogP contribution in [0.1, 0.15) is 23.2 Å². The van der Waals surface area contributed by atoms with Crippen molar-refractivity contribution < 1.29 is 9.59 Å². The van der Waals surface area contributed by atoms with Gasteiger partial charge in [-0.25, -0.2) is 0 Å². The van der Waals surface area contributed by atoms with E-state index in [-0.39, 0.29) is 17.9 Å². The Labute approximate surface area is 105 Å². The summed E-state index contributed by atoms with van der Waals surface area (Å²) in [6.07, 6.45) is 1.94. The Morgan fingerprint density at radius 1 is 1.50 bits per heavy atom. The number of fused-ring (bicyclic) bond motifs is 3. The lowest BCUT2D eigenvalue weighted by atomic mass is 10.1. The van der Waals surface area contributed by atoms with Gasteiger partial charge in [0.25, 0.3) is 5.91 Å². The van der Waals surface area contributed by atoms with Crippen LogP contribution in [0.5, 0.6) is 0 Å². The number of carbonyl (C=O) groups is 2. The minimum absolute atomic E-state index is 0.0362. The molecule has 2 aliphatic heterocycles. The summed E-state index contributed by atoms with van der Waals surface area (Å²) >= 11 is 0. The fraction of sp³-hybridized carbons (Fsp3) is 0.385. The Balaban J connectivity index is 2.02. The second-order valence-electron chi connectivity index (χ2n) is 4.65. The van der Waals surface area contributed by atoms with Crippen molar-refractivity contribution in [3.8, 4) is 0 Å². The third kappa shape index (κ3) is 1.54. The number of carbonyl (C=O) groups excluding carboxylic acids is 2. The SMILES string of the molecule is CNC(=O)c1ccc2c(c1)NC(=O)C1CCCN21. The maximum absolute atomic E-state index is 11.9. The zero-order valence-corrected chi connectivity index (χ0v) is 10.2. The lowest BCUT2D eigenvalue weighted by molar-refractivity contribution is -0.117. The molecule has 1 fully saturated rings. The van der Waals surface area contributed by atoms with Gasteiger partial charge in [0.1, 0.15) is 6.04 Å². The van der Waals surface area contributed by atoms with E-state index in [1.54, 1.807) is 19.2 Å². The Morgan fingerprint density at radius 2 is 2.33 bits per heavy atom. The molecule has 1 aromatic carbocycles. The topological polar surface area (TPSA) is 61.4 Å². The van der Waals surface area contributed by atoms with Crippen LogP contribution in [0.15, 0.2) is 18.2 Å². The first-order valence-electron chi connectivity index (χ1n) is 6.14. The average Bonchev–Trinajstić information content (AvgIpc) is 2.87. The van der Waals surface area contributed by atoms with Crippen LogP contribution in [0.2, 0.25) is 0 Å². The molecule has 2 aliphatic rings. The monoisotopic (exact) mass is 245 g/mol. The summed E-state index contributed by atoms with van der Waals surface area (Å²) < 4.78 is 0. The predicted molar refractivity (Wildman–Crippen MR) is 68.8 cm³/mol. The van der Waals surface area contributed by atoms with Crippen molar-refractivity contribution in [3.05, 3.63) is 23.8 Å². The largest absolute Gasteiger partial charge is 0.358 e. The van der Waals surface area contributed by atoms with Crippen LogP contribution in [0.4, 0.5) is 11.4 Å². The molecule has 2 heterocycles. The van der Waals surface area contributed by atoms with Crippen molar-refractivity contribution >= 4 is 23.2 Å². The van der Waals surface area contributed by atoms with Gasteiger partial charge in [0.2, 0.25) is 5.91 Å². The van der Waals surface area contributed by atoms with E-state index < -0.39 is 0 Å². The van der Waals surface area contributed by atoms with Gasteiger partial charge >= 0.3 is 0 Å². The molecular weight excluding hydrogens is 230 g/mol. The molecular formula is C13H15N3O2. The number of rotatable bonds is 1. The molecule has 5 heteroatoms. The van der Waals surface area contributed by atoms with Crippen LogP contribution in [-0.2, 0) is 4.79 Å². The lowest BCUT2D eigenvalue weighted by Crippen LogP contribution is -2.44. The molecule has 0 aromatic heterocycles. The number of hydrogen-bond donors (Lipinski definition) is 2. The average molecular weight is 245 g/mol. The van der Waals surface area contributed by atoms with Crippen molar-refractivity contribution in [2.45, 2.75) is 18.9 Å².